The van der Waals surface area contributed by atoms with Gasteiger partial charge in [-0.05, 0) is 31.2 Å². The average molecular weight is 251 g/mol. The van der Waals surface area contributed by atoms with E-state index in [1.165, 1.54) is 0 Å². The molecule has 5 nitrogen and oxygen atoms in total. The molecule has 0 bridgehead atoms. The van der Waals surface area contributed by atoms with Crippen molar-refractivity contribution in [1.29, 1.82) is 0 Å². The van der Waals surface area contributed by atoms with Crippen LogP contribution in [0.25, 0.3) is 0 Å². The minimum absolute atomic E-state index is 0.122. The molecule has 1 aromatic rings. The fourth-order valence-corrected chi connectivity index (χ4v) is 1.55. The molecule has 1 aromatic heterocycles. The topological polar surface area (TPSA) is 75.1 Å². The number of nitrogens with zero attached hydrogens (tertiary/aromatic N) is 2. The van der Waals surface area contributed by atoms with E-state index in [-0.39, 0.29) is 5.41 Å². The Morgan fingerprint density at radius 2 is 2.17 bits per heavy atom. The highest BCUT2D eigenvalue weighted by Crippen LogP contribution is 2.22. The number of hydrogen-bond donors (Lipinski definition) is 2. The van der Waals surface area contributed by atoms with Gasteiger partial charge in [-0.25, -0.2) is 14.8 Å². The molecule has 5 heteroatoms. The Labute approximate surface area is 108 Å². The van der Waals surface area contributed by atoms with Crippen LogP contribution in [0.15, 0.2) is 12.3 Å². The molecule has 0 radical (unpaired) electrons. The number of aromatic nitrogens is 2. The standard InChI is InChI=1S/C13H21N3O2/c1-9-14-8-6-11(15-9)16-10(12(17)18)5-7-13(2,3)4/h6,8,10H,5,7H2,1-4H3,(H,17,18)(H,14,15,16)/t10-/m0/s1. The van der Waals surface area contributed by atoms with Gasteiger partial charge >= 0.3 is 5.97 Å². The number of anilines is 1. The van der Waals surface area contributed by atoms with E-state index in [2.05, 4.69) is 36.1 Å². The van der Waals surface area contributed by atoms with E-state index in [0.717, 1.165) is 6.42 Å². The zero-order valence-corrected chi connectivity index (χ0v) is 11.4. The van der Waals surface area contributed by atoms with Crippen LogP contribution in [0.3, 0.4) is 0 Å². The van der Waals surface area contributed by atoms with Crippen molar-refractivity contribution in [2.75, 3.05) is 5.32 Å². The summed E-state index contributed by atoms with van der Waals surface area (Å²) < 4.78 is 0. The zero-order valence-electron chi connectivity index (χ0n) is 11.4. The lowest BCUT2D eigenvalue weighted by Gasteiger charge is -2.21. The van der Waals surface area contributed by atoms with Gasteiger partial charge in [-0.15, -0.1) is 0 Å². The molecule has 0 aliphatic rings. The van der Waals surface area contributed by atoms with Crippen LogP contribution in [-0.2, 0) is 4.79 Å². The van der Waals surface area contributed by atoms with Crippen LogP contribution in [0.2, 0.25) is 0 Å². The summed E-state index contributed by atoms with van der Waals surface area (Å²) in [5.74, 6) is 0.333. The summed E-state index contributed by atoms with van der Waals surface area (Å²) in [6.07, 6.45) is 3.02. The number of rotatable bonds is 5. The van der Waals surface area contributed by atoms with E-state index in [1.54, 1.807) is 19.2 Å². The van der Waals surface area contributed by atoms with Crippen LogP contribution in [-0.4, -0.2) is 27.1 Å². The highest BCUT2D eigenvalue weighted by Gasteiger charge is 2.21. The first kappa shape index (κ1) is 14.4. The van der Waals surface area contributed by atoms with E-state index in [9.17, 15) is 9.90 Å². The van der Waals surface area contributed by atoms with Gasteiger partial charge in [-0.2, -0.15) is 0 Å². The number of aliphatic carboxylic acids is 1. The fraction of sp³-hybridized carbons (Fsp3) is 0.615. The van der Waals surface area contributed by atoms with Crippen LogP contribution < -0.4 is 5.32 Å². The van der Waals surface area contributed by atoms with Crippen molar-refractivity contribution in [2.24, 2.45) is 5.41 Å². The molecule has 1 rings (SSSR count). The summed E-state index contributed by atoms with van der Waals surface area (Å²) in [4.78, 5) is 19.3. The molecule has 0 aliphatic heterocycles. The second-order valence-corrected chi connectivity index (χ2v) is 5.62. The maximum atomic E-state index is 11.2. The summed E-state index contributed by atoms with van der Waals surface area (Å²) >= 11 is 0. The Bertz CT molecular complexity index is 413. The second-order valence-electron chi connectivity index (χ2n) is 5.62. The third-order valence-corrected chi connectivity index (χ3v) is 2.58. The number of aryl methyl sites for hydroxylation is 1. The van der Waals surface area contributed by atoms with Crippen molar-refractivity contribution in [1.82, 2.24) is 9.97 Å². The van der Waals surface area contributed by atoms with E-state index in [4.69, 9.17) is 0 Å². The minimum Gasteiger partial charge on any atom is -0.480 e. The molecule has 2 N–H and O–H groups in total. The number of hydrogen-bond acceptors (Lipinski definition) is 4. The fourth-order valence-electron chi connectivity index (χ4n) is 1.55. The first-order chi connectivity index (χ1) is 8.28. The predicted molar refractivity (Wildman–Crippen MR) is 70.5 cm³/mol. The van der Waals surface area contributed by atoms with E-state index >= 15 is 0 Å². The lowest BCUT2D eigenvalue weighted by atomic mass is 9.88. The van der Waals surface area contributed by atoms with Gasteiger partial charge in [0.1, 0.15) is 17.7 Å². The SMILES string of the molecule is Cc1nccc(N[C@@H](CCC(C)(C)C)C(=O)O)n1. The maximum Gasteiger partial charge on any atom is 0.326 e. The number of carbonyl (C=O) groups is 1. The zero-order chi connectivity index (χ0) is 13.8. The molecule has 0 saturated carbocycles. The largest absolute Gasteiger partial charge is 0.480 e. The summed E-state index contributed by atoms with van der Waals surface area (Å²) in [6.45, 7) is 8.07. The molecule has 18 heavy (non-hydrogen) atoms. The number of carboxylic acids is 1. The van der Waals surface area contributed by atoms with Gasteiger partial charge in [-0.3, -0.25) is 0 Å². The van der Waals surface area contributed by atoms with E-state index in [0.29, 0.717) is 18.1 Å². The monoisotopic (exact) mass is 251 g/mol. The van der Waals surface area contributed by atoms with Crippen molar-refractivity contribution >= 4 is 11.8 Å². The van der Waals surface area contributed by atoms with Crippen molar-refractivity contribution in [3.8, 4) is 0 Å². The lowest BCUT2D eigenvalue weighted by Crippen LogP contribution is -2.31. The maximum absolute atomic E-state index is 11.2. The minimum atomic E-state index is -0.851. The molecular formula is C13H21N3O2. The van der Waals surface area contributed by atoms with E-state index in [1.807, 2.05) is 0 Å². The van der Waals surface area contributed by atoms with Crippen molar-refractivity contribution in [3.05, 3.63) is 18.1 Å². The van der Waals surface area contributed by atoms with Gasteiger partial charge in [0.15, 0.2) is 0 Å². The Morgan fingerprint density at radius 3 is 2.67 bits per heavy atom. The molecular weight excluding hydrogens is 230 g/mol. The summed E-state index contributed by atoms with van der Waals surface area (Å²) in [6, 6.07) is 1.07. The van der Waals surface area contributed by atoms with Crippen LogP contribution in [0, 0.1) is 12.3 Å². The van der Waals surface area contributed by atoms with Crippen LogP contribution in [0.4, 0.5) is 5.82 Å². The van der Waals surface area contributed by atoms with Crippen LogP contribution >= 0.6 is 0 Å². The smallest absolute Gasteiger partial charge is 0.326 e. The van der Waals surface area contributed by atoms with Gasteiger partial charge in [0.05, 0.1) is 0 Å². The van der Waals surface area contributed by atoms with Crippen molar-refractivity contribution in [2.45, 2.75) is 46.6 Å². The van der Waals surface area contributed by atoms with Gasteiger partial charge < -0.3 is 10.4 Å². The second kappa shape index (κ2) is 5.80. The molecule has 1 heterocycles. The Balaban J connectivity index is 2.66. The molecule has 100 valence electrons. The van der Waals surface area contributed by atoms with Crippen LogP contribution in [0.1, 0.15) is 39.4 Å². The molecule has 1 atom stereocenters. The Kier molecular flexibility index (Phi) is 4.64. The first-order valence-electron chi connectivity index (χ1n) is 6.07. The number of nitrogens with one attached hydrogen (secondary N) is 1. The Morgan fingerprint density at radius 1 is 1.50 bits per heavy atom. The lowest BCUT2D eigenvalue weighted by molar-refractivity contribution is -0.138. The quantitative estimate of drug-likeness (QED) is 0.840. The van der Waals surface area contributed by atoms with Gasteiger partial charge in [0.2, 0.25) is 0 Å². The molecule has 0 aromatic carbocycles. The Hall–Kier alpha value is -1.65. The van der Waals surface area contributed by atoms with Gasteiger partial charge in [0, 0.05) is 6.20 Å². The third-order valence-electron chi connectivity index (χ3n) is 2.58. The van der Waals surface area contributed by atoms with Crippen molar-refractivity contribution in [3.63, 3.8) is 0 Å². The molecule has 0 saturated heterocycles. The highest BCUT2D eigenvalue weighted by molar-refractivity contribution is 5.76. The average Bonchev–Trinajstić information content (AvgIpc) is 2.22. The summed E-state index contributed by atoms with van der Waals surface area (Å²) in [5, 5.41) is 12.1. The highest BCUT2D eigenvalue weighted by atomic mass is 16.4. The summed E-state index contributed by atoms with van der Waals surface area (Å²) in [5.41, 5.74) is 0.122. The summed E-state index contributed by atoms with van der Waals surface area (Å²) in [7, 11) is 0. The number of carboxylic acid groups (broad SMARTS) is 1. The molecule has 0 spiro atoms. The molecule has 0 aliphatic carbocycles. The molecule has 0 unspecified atom stereocenters. The normalized spacial score (nSPS) is 13.1. The van der Waals surface area contributed by atoms with Crippen LogP contribution in [0.5, 0.6) is 0 Å². The van der Waals surface area contributed by atoms with E-state index < -0.39 is 12.0 Å². The first-order valence-corrected chi connectivity index (χ1v) is 6.07. The van der Waals surface area contributed by atoms with Gasteiger partial charge in [0.25, 0.3) is 0 Å². The van der Waals surface area contributed by atoms with Crippen molar-refractivity contribution < 1.29 is 9.90 Å². The third kappa shape index (κ3) is 5.12. The van der Waals surface area contributed by atoms with Gasteiger partial charge in [-0.1, -0.05) is 20.8 Å². The predicted octanol–water partition coefficient (Wildman–Crippen LogP) is 2.48. The molecule has 0 fully saturated rings. The molecule has 0 amide bonds.